The maximum Gasteiger partial charge on any atom is 0.320 e. The fourth-order valence-electron chi connectivity index (χ4n) is 3.45. The average molecular weight is 512 g/mol. The fraction of sp³-hybridized carbons (Fsp3) is 0.407. The fourth-order valence-corrected chi connectivity index (χ4v) is 3.45. The van der Waals surface area contributed by atoms with Crippen LogP contribution in [0.4, 0.5) is 0 Å². The van der Waals surface area contributed by atoms with Crippen LogP contribution in [-0.4, -0.2) is 58.1 Å². The van der Waals surface area contributed by atoms with Gasteiger partial charge in [0.15, 0.2) is 11.6 Å². The number of benzene rings is 2. The molecule has 37 heavy (non-hydrogen) atoms. The molecule has 1 heterocycles. The first kappa shape index (κ1) is 27.5. The maximum absolute atomic E-state index is 11.4. The van der Waals surface area contributed by atoms with Crippen molar-refractivity contribution in [3.8, 4) is 51.8 Å². The van der Waals surface area contributed by atoms with Crippen LogP contribution in [0.5, 0.6) is 29.0 Å². The van der Waals surface area contributed by atoms with Crippen molar-refractivity contribution in [3.63, 3.8) is 0 Å². The van der Waals surface area contributed by atoms with Crippen molar-refractivity contribution >= 4 is 5.97 Å². The molecule has 0 aliphatic heterocycles. The van der Waals surface area contributed by atoms with Crippen molar-refractivity contribution in [2.45, 2.75) is 46.0 Å². The van der Waals surface area contributed by atoms with Crippen molar-refractivity contribution in [1.29, 1.82) is 0 Å². The minimum absolute atomic E-state index is 0.0259. The third kappa shape index (κ3) is 7.96. The first-order chi connectivity index (χ1) is 17.9. The van der Waals surface area contributed by atoms with Crippen LogP contribution in [0, 0.1) is 0 Å². The van der Waals surface area contributed by atoms with Gasteiger partial charge in [-0.2, -0.15) is 9.97 Å². The van der Waals surface area contributed by atoms with E-state index in [-0.39, 0.29) is 41.5 Å². The van der Waals surface area contributed by atoms with Gasteiger partial charge < -0.3 is 29.2 Å². The highest BCUT2D eigenvalue weighted by Gasteiger charge is 2.17. The molecule has 0 aliphatic carbocycles. The van der Waals surface area contributed by atoms with E-state index in [0.717, 1.165) is 19.3 Å². The Kier molecular flexibility index (Phi) is 10.3. The molecule has 0 fully saturated rings. The van der Waals surface area contributed by atoms with E-state index in [1.807, 2.05) is 0 Å². The molecule has 0 atom stereocenters. The van der Waals surface area contributed by atoms with Gasteiger partial charge in [0.05, 0.1) is 38.1 Å². The molecule has 0 saturated heterocycles. The molecule has 1 aromatic heterocycles. The predicted molar refractivity (Wildman–Crippen MR) is 137 cm³/mol. The standard InChI is InChI=1S/C27H33N3O7/c1-4-6-7-14-36-18-10-12-20(22(31)16-18)25-28-26(30-27(29-25)34-3)21-13-11-19(17-23(21)32)37-15-8-9-24(33)35-5-2/h10-13,16-17,31-32H,4-9,14-15H2,1-3H3. The summed E-state index contributed by atoms with van der Waals surface area (Å²) in [7, 11) is 1.42. The number of carbonyl (C=O) groups excluding carboxylic acids is 1. The lowest BCUT2D eigenvalue weighted by atomic mass is 10.1. The molecule has 0 unspecified atom stereocenters. The van der Waals surface area contributed by atoms with Crippen LogP contribution >= 0.6 is 0 Å². The van der Waals surface area contributed by atoms with E-state index in [2.05, 4.69) is 21.9 Å². The van der Waals surface area contributed by atoms with Gasteiger partial charge in [-0.15, -0.1) is 0 Å². The smallest absolute Gasteiger partial charge is 0.320 e. The molecule has 2 N–H and O–H groups in total. The van der Waals surface area contributed by atoms with Crippen LogP contribution in [0.15, 0.2) is 36.4 Å². The van der Waals surface area contributed by atoms with Crippen LogP contribution < -0.4 is 14.2 Å². The second kappa shape index (κ2) is 13.9. The third-order valence-electron chi connectivity index (χ3n) is 5.33. The Bertz CT molecular complexity index is 1190. The largest absolute Gasteiger partial charge is 0.507 e. The zero-order valence-electron chi connectivity index (χ0n) is 21.4. The minimum atomic E-state index is -0.274. The van der Waals surface area contributed by atoms with Crippen LogP contribution in [0.1, 0.15) is 46.0 Å². The normalized spacial score (nSPS) is 10.7. The number of nitrogens with zero attached hydrogens (tertiary/aromatic N) is 3. The van der Waals surface area contributed by atoms with Crippen LogP contribution in [0.3, 0.4) is 0 Å². The van der Waals surface area contributed by atoms with E-state index in [1.54, 1.807) is 31.2 Å². The minimum Gasteiger partial charge on any atom is -0.507 e. The van der Waals surface area contributed by atoms with Crippen molar-refractivity contribution in [2.75, 3.05) is 26.9 Å². The monoisotopic (exact) mass is 511 g/mol. The summed E-state index contributed by atoms with van der Waals surface area (Å²) in [6.07, 6.45) is 3.85. The number of phenols is 2. The molecular formula is C27H33N3O7. The van der Waals surface area contributed by atoms with E-state index in [1.165, 1.54) is 19.2 Å². The first-order valence-electron chi connectivity index (χ1n) is 12.3. The number of ether oxygens (including phenoxy) is 4. The van der Waals surface area contributed by atoms with Gasteiger partial charge in [0.25, 0.3) is 0 Å². The molecule has 198 valence electrons. The van der Waals surface area contributed by atoms with Gasteiger partial charge in [0.1, 0.15) is 23.0 Å². The Morgan fingerprint density at radius 2 is 1.38 bits per heavy atom. The van der Waals surface area contributed by atoms with E-state index in [0.29, 0.717) is 48.9 Å². The van der Waals surface area contributed by atoms with Crippen molar-refractivity contribution in [1.82, 2.24) is 15.0 Å². The lowest BCUT2D eigenvalue weighted by molar-refractivity contribution is -0.143. The average Bonchev–Trinajstić information content (AvgIpc) is 2.89. The molecule has 10 heteroatoms. The lowest BCUT2D eigenvalue weighted by Crippen LogP contribution is -2.06. The second-order valence-electron chi connectivity index (χ2n) is 8.14. The van der Waals surface area contributed by atoms with Crippen molar-refractivity contribution in [2.24, 2.45) is 0 Å². The summed E-state index contributed by atoms with van der Waals surface area (Å²) in [6.45, 7) is 5.08. The predicted octanol–water partition coefficient (Wildman–Crippen LogP) is 4.92. The Balaban J connectivity index is 1.76. The van der Waals surface area contributed by atoms with Gasteiger partial charge in [-0.05, 0) is 44.0 Å². The number of carbonyl (C=O) groups is 1. The number of hydrogen-bond donors (Lipinski definition) is 2. The molecule has 0 aliphatic rings. The number of phenolic OH excluding ortho intramolecular Hbond substituents is 2. The highest BCUT2D eigenvalue weighted by molar-refractivity contribution is 5.70. The summed E-state index contributed by atoms with van der Waals surface area (Å²) in [6, 6.07) is 9.66. The molecule has 0 amide bonds. The number of methoxy groups -OCH3 is 1. The summed E-state index contributed by atoms with van der Waals surface area (Å²) in [5.41, 5.74) is 0.695. The lowest BCUT2D eigenvalue weighted by Gasteiger charge is -2.11. The first-order valence-corrected chi connectivity index (χ1v) is 12.3. The molecule has 0 bridgehead atoms. The molecule has 3 rings (SSSR count). The molecule has 10 nitrogen and oxygen atoms in total. The number of aromatic hydroxyl groups is 2. The number of aromatic nitrogens is 3. The molecule has 0 radical (unpaired) electrons. The van der Waals surface area contributed by atoms with E-state index < -0.39 is 0 Å². The zero-order valence-corrected chi connectivity index (χ0v) is 21.4. The Labute approximate surface area is 216 Å². The summed E-state index contributed by atoms with van der Waals surface area (Å²) in [4.78, 5) is 24.4. The number of unbranched alkanes of at least 4 members (excludes halogenated alkanes) is 2. The summed E-state index contributed by atoms with van der Waals surface area (Å²) in [5, 5.41) is 21.2. The van der Waals surface area contributed by atoms with Gasteiger partial charge in [-0.25, -0.2) is 4.98 Å². The molecule has 3 aromatic rings. The summed E-state index contributed by atoms with van der Waals surface area (Å²) >= 11 is 0. The SMILES string of the molecule is CCCCCOc1ccc(-c2nc(OC)nc(-c3ccc(OCCCC(=O)OCC)cc3O)n2)c(O)c1. The summed E-state index contributed by atoms with van der Waals surface area (Å²) in [5.74, 6) is 0.880. The number of rotatable bonds is 14. The highest BCUT2D eigenvalue weighted by atomic mass is 16.5. The van der Waals surface area contributed by atoms with Crippen LogP contribution in [-0.2, 0) is 9.53 Å². The topological polar surface area (TPSA) is 133 Å². The van der Waals surface area contributed by atoms with E-state index in [4.69, 9.17) is 18.9 Å². The van der Waals surface area contributed by atoms with E-state index in [9.17, 15) is 15.0 Å². The third-order valence-corrected chi connectivity index (χ3v) is 5.33. The Hall–Kier alpha value is -4.08. The highest BCUT2D eigenvalue weighted by Crippen LogP contribution is 2.35. The van der Waals surface area contributed by atoms with Crippen molar-refractivity contribution in [3.05, 3.63) is 36.4 Å². The maximum atomic E-state index is 11.4. The van der Waals surface area contributed by atoms with Gasteiger partial charge in [0, 0.05) is 18.6 Å². The summed E-state index contributed by atoms with van der Waals surface area (Å²) < 4.78 is 21.4. The Morgan fingerprint density at radius 3 is 1.86 bits per heavy atom. The van der Waals surface area contributed by atoms with E-state index >= 15 is 0 Å². The van der Waals surface area contributed by atoms with Crippen LogP contribution in [0.25, 0.3) is 22.8 Å². The Morgan fingerprint density at radius 1 is 0.811 bits per heavy atom. The quantitative estimate of drug-likeness (QED) is 0.227. The van der Waals surface area contributed by atoms with Crippen LogP contribution in [0.2, 0.25) is 0 Å². The van der Waals surface area contributed by atoms with Gasteiger partial charge in [-0.1, -0.05) is 19.8 Å². The van der Waals surface area contributed by atoms with Gasteiger partial charge in [0.2, 0.25) is 0 Å². The second-order valence-corrected chi connectivity index (χ2v) is 8.14. The molecular weight excluding hydrogens is 478 g/mol. The van der Waals surface area contributed by atoms with Gasteiger partial charge in [-0.3, -0.25) is 4.79 Å². The molecule has 0 saturated carbocycles. The van der Waals surface area contributed by atoms with Gasteiger partial charge >= 0.3 is 12.0 Å². The molecule has 0 spiro atoms. The number of hydrogen-bond acceptors (Lipinski definition) is 10. The number of esters is 1. The zero-order chi connectivity index (χ0) is 26.6. The van der Waals surface area contributed by atoms with Crippen molar-refractivity contribution < 1.29 is 34.0 Å². The molecule has 2 aromatic carbocycles.